The van der Waals surface area contributed by atoms with E-state index < -0.39 is 0 Å². The number of halogens is 1. The molecule has 2 heterocycles. The monoisotopic (exact) mass is 312 g/mol. The summed E-state index contributed by atoms with van der Waals surface area (Å²) in [5, 5.41) is 5.16. The highest BCUT2D eigenvalue weighted by molar-refractivity contribution is 5.97. The van der Waals surface area contributed by atoms with Crippen LogP contribution < -0.4 is 0 Å². The summed E-state index contributed by atoms with van der Waals surface area (Å²) in [7, 11) is 3.51. The maximum Gasteiger partial charge on any atom is 0.255 e. The largest absolute Gasteiger partial charge is 0.337 e. The fourth-order valence-electron chi connectivity index (χ4n) is 2.63. The quantitative estimate of drug-likeness (QED) is 0.747. The van der Waals surface area contributed by atoms with Crippen LogP contribution in [0.3, 0.4) is 0 Å². The molecule has 0 N–H and O–H groups in total. The lowest BCUT2D eigenvalue weighted by Crippen LogP contribution is -2.26. The van der Waals surface area contributed by atoms with E-state index in [0.717, 1.165) is 22.3 Å². The van der Waals surface area contributed by atoms with Crippen molar-refractivity contribution in [2.75, 3.05) is 7.05 Å². The summed E-state index contributed by atoms with van der Waals surface area (Å²) in [5.41, 5.74) is 2.81. The molecule has 118 valence electrons. The summed E-state index contributed by atoms with van der Waals surface area (Å²) >= 11 is 0. The van der Waals surface area contributed by atoms with E-state index in [2.05, 4.69) is 10.1 Å². The molecule has 0 radical (unpaired) electrons. The summed E-state index contributed by atoms with van der Waals surface area (Å²) < 4.78 is 14.9. The van der Waals surface area contributed by atoms with E-state index in [-0.39, 0.29) is 11.7 Å². The number of hydrogen-bond donors (Lipinski definition) is 0. The van der Waals surface area contributed by atoms with Crippen molar-refractivity contribution < 1.29 is 9.18 Å². The van der Waals surface area contributed by atoms with Gasteiger partial charge in [-0.1, -0.05) is 12.1 Å². The fourth-order valence-corrected chi connectivity index (χ4v) is 2.63. The number of fused-ring (bicyclic) bond motifs is 1. The number of pyridine rings is 1. The number of hydrogen-bond acceptors (Lipinski definition) is 3. The van der Waals surface area contributed by atoms with Crippen LogP contribution in [0.1, 0.15) is 21.6 Å². The Hall–Kier alpha value is -2.76. The molecule has 5 nitrogen and oxygen atoms in total. The average molecular weight is 312 g/mol. The van der Waals surface area contributed by atoms with Gasteiger partial charge in [0.2, 0.25) is 0 Å². The van der Waals surface area contributed by atoms with Crippen LogP contribution in [-0.4, -0.2) is 32.6 Å². The van der Waals surface area contributed by atoms with Crippen LogP contribution in [-0.2, 0) is 13.6 Å². The van der Waals surface area contributed by atoms with Crippen molar-refractivity contribution in [3.63, 3.8) is 0 Å². The molecule has 1 amide bonds. The maximum atomic E-state index is 13.2. The number of carbonyl (C=O) groups is 1. The Morgan fingerprint density at radius 1 is 1.35 bits per heavy atom. The standard InChI is InChI=1S/C17H17FN4O/c1-11-15-8-13(9-19-16(15)22(3)20-11)17(23)21(2)10-12-5-4-6-14(18)7-12/h4-9H,10H2,1-3H3. The van der Waals surface area contributed by atoms with Crippen molar-refractivity contribution in [1.82, 2.24) is 19.7 Å². The summed E-state index contributed by atoms with van der Waals surface area (Å²) in [5.74, 6) is -0.468. The zero-order valence-corrected chi connectivity index (χ0v) is 13.2. The minimum Gasteiger partial charge on any atom is -0.337 e. The van der Waals surface area contributed by atoms with E-state index in [1.807, 2.05) is 14.0 Å². The molecule has 0 aliphatic rings. The van der Waals surface area contributed by atoms with Crippen LogP contribution >= 0.6 is 0 Å². The second-order valence-corrected chi connectivity index (χ2v) is 5.60. The molecule has 0 fully saturated rings. The minimum atomic E-state index is -0.308. The van der Waals surface area contributed by atoms with E-state index >= 15 is 0 Å². The minimum absolute atomic E-state index is 0.160. The van der Waals surface area contributed by atoms with E-state index in [0.29, 0.717) is 12.1 Å². The lowest BCUT2D eigenvalue weighted by atomic mass is 10.1. The van der Waals surface area contributed by atoms with Gasteiger partial charge in [0.15, 0.2) is 5.65 Å². The molecule has 0 bridgehead atoms. The van der Waals surface area contributed by atoms with Crippen LogP contribution in [0.15, 0.2) is 36.5 Å². The van der Waals surface area contributed by atoms with Gasteiger partial charge in [-0.3, -0.25) is 9.48 Å². The third kappa shape index (κ3) is 2.92. The molecule has 0 atom stereocenters. The first-order valence-corrected chi connectivity index (χ1v) is 7.25. The van der Waals surface area contributed by atoms with Crippen molar-refractivity contribution in [2.45, 2.75) is 13.5 Å². The Morgan fingerprint density at radius 3 is 2.87 bits per heavy atom. The molecule has 23 heavy (non-hydrogen) atoms. The molecule has 1 aromatic carbocycles. The molecule has 0 aliphatic carbocycles. The van der Waals surface area contributed by atoms with Gasteiger partial charge in [0.05, 0.1) is 11.3 Å². The third-order valence-electron chi connectivity index (χ3n) is 3.77. The Balaban J connectivity index is 1.86. The van der Waals surface area contributed by atoms with Crippen LogP contribution in [0.25, 0.3) is 11.0 Å². The number of nitrogens with zero attached hydrogens (tertiary/aromatic N) is 4. The Bertz CT molecular complexity index is 887. The highest BCUT2D eigenvalue weighted by atomic mass is 19.1. The van der Waals surface area contributed by atoms with Crippen molar-refractivity contribution >= 4 is 16.9 Å². The first-order valence-electron chi connectivity index (χ1n) is 7.25. The van der Waals surface area contributed by atoms with E-state index in [1.165, 1.54) is 12.1 Å². The molecule has 0 saturated carbocycles. The second kappa shape index (κ2) is 5.79. The first kappa shape index (κ1) is 15.1. The first-order chi connectivity index (χ1) is 11.0. The Labute approximate surface area is 133 Å². The highest BCUT2D eigenvalue weighted by Crippen LogP contribution is 2.18. The normalized spacial score (nSPS) is 11.0. The van der Waals surface area contributed by atoms with E-state index in [1.54, 1.807) is 41.0 Å². The number of amides is 1. The van der Waals surface area contributed by atoms with E-state index in [9.17, 15) is 9.18 Å². The molecule has 3 aromatic rings. The van der Waals surface area contributed by atoms with Crippen LogP contribution in [0, 0.1) is 12.7 Å². The Morgan fingerprint density at radius 2 is 2.13 bits per heavy atom. The highest BCUT2D eigenvalue weighted by Gasteiger charge is 2.15. The van der Waals surface area contributed by atoms with Crippen molar-refractivity contribution in [3.8, 4) is 0 Å². The number of aromatic nitrogens is 3. The molecule has 6 heteroatoms. The van der Waals surface area contributed by atoms with E-state index in [4.69, 9.17) is 0 Å². The van der Waals surface area contributed by atoms with Gasteiger partial charge in [0, 0.05) is 32.2 Å². The van der Waals surface area contributed by atoms with Gasteiger partial charge in [-0.15, -0.1) is 0 Å². The molecule has 2 aromatic heterocycles. The summed E-state index contributed by atoms with van der Waals surface area (Å²) in [6.07, 6.45) is 1.55. The maximum absolute atomic E-state index is 13.2. The lowest BCUT2D eigenvalue weighted by molar-refractivity contribution is 0.0784. The number of aryl methyl sites for hydroxylation is 2. The lowest BCUT2D eigenvalue weighted by Gasteiger charge is -2.17. The predicted octanol–water partition coefficient (Wildman–Crippen LogP) is 2.69. The van der Waals surface area contributed by atoms with Gasteiger partial charge in [-0.2, -0.15) is 5.10 Å². The Kier molecular flexibility index (Phi) is 3.82. The SMILES string of the molecule is Cc1nn(C)c2ncc(C(=O)N(C)Cc3cccc(F)c3)cc12. The van der Waals surface area contributed by atoms with Gasteiger partial charge < -0.3 is 4.90 Å². The molecule has 3 rings (SSSR count). The average Bonchev–Trinajstić information content (AvgIpc) is 2.81. The van der Waals surface area contributed by atoms with Crippen LogP contribution in [0.5, 0.6) is 0 Å². The molecule has 0 unspecified atom stereocenters. The van der Waals surface area contributed by atoms with Gasteiger partial charge >= 0.3 is 0 Å². The smallest absolute Gasteiger partial charge is 0.255 e. The fraction of sp³-hybridized carbons (Fsp3) is 0.235. The number of benzene rings is 1. The second-order valence-electron chi connectivity index (χ2n) is 5.60. The third-order valence-corrected chi connectivity index (χ3v) is 3.77. The van der Waals surface area contributed by atoms with Gasteiger partial charge in [-0.05, 0) is 30.7 Å². The number of carbonyl (C=O) groups excluding carboxylic acids is 1. The number of rotatable bonds is 3. The summed E-state index contributed by atoms with van der Waals surface area (Å²) in [6.45, 7) is 2.22. The van der Waals surface area contributed by atoms with Crippen LogP contribution in [0.4, 0.5) is 4.39 Å². The molecular formula is C17H17FN4O. The van der Waals surface area contributed by atoms with Gasteiger partial charge in [0.1, 0.15) is 5.82 Å². The van der Waals surface area contributed by atoms with Gasteiger partial charge in [0.25, 0.3) is 5.91 Å². The molecular weight excluding hydrogens is 295 g/mol. The van der Waals surface area contributed by atoms with Crippen molar-refractivity contribution in [2.24, 2.45) is 7.05 Å². The zero-order valence-electron chi connectivity index (χ0n) is 13.2. The van der Waals surface area contributed by atoms with Crippen molar-refractivity contribution in [1.29, 1.82) is 0 Å². The molecule has 0 spiro atoms. The summed E-state index contributed by atoms with van der Waals surface area (Å²) in [4.78, 5) is 18.4. The zero-order chi connectivity index (χ0) is 16.6. The van der Waals surface area contributed by atoms with Gasteiger partial charge in [-0.25, -0.2) is 9.37 Å². The van der Waals surface area contributed by atoms with Crippen molar-refractivity contribution in [3.05, 3.63) is 59.2 Å². The summed E-state index contributed by atoms with van der Waals surface area (Å²) in [6, 6.07) is 8.04. The molecule has 0 aliphatic heterocycles. The molecule has 0 saturated heterocycles. The van der Waals surface area contributed by atoms with Crippen LogP contribution in [0.2, 0.25) is 0 Å². The predicted molar refractivity (Wildman–Crippen MR) is 85.4 cm³/mol. The topological polar surface area (TPSA) is 51.0 Å².